The van der Waals surface area contributed by atoms with Crippen LogP contribution in [0.1, 0.15) is 21.7 Å². The van der Waals surface area contributed by atoms with E-state index in [0.717, 1.165) is 12.1 Å². The summed E-state index contributed by atoms with van der Waals surface area (Å²) in [5, 5.41) is 0.0703. The molecule has 0 spiro atoms. The summed E-state index contributed by atoms with van der Waals surface area (Å²) in [6.07, 6.45) is -4.47. The molecule has 82 valence electrons. The van der Waals surface area contributed by atoms with Gasteiger partial charge in [0.25, 0.3) is 0 Å². The van der Waals surface area contributed by atoms with E-state index >= 15 is 0 Å². The number of hydrogen-bond acceptors (Lipinski definition) is 2. The van der Waals surface area contributed by atoms with Crippen LogP contribution in [0.3, 0.4) is 0 Å². The van der Waals surface area contributed by atoms with Crippen LogP contribution < -0.4 is 0 Å². The van der Waals surface area contributed by atoms with Crippen LogP contribution in [0.2, 0.25) is 0 Å². The summed E-state index contributed by atoms with van der Waals surface area (Å²) in [5.74, 6) is -0.284. The van der Waals surface area contributed by atoms with Gasteiger partial charge in [-0.3, -0.25) is 4.79 Å². The van der Waals surface area contributed by atoms with Crippen molar-refractivity contribution < 1.29 is 18.0 Å². The van der Waals surface area contributed by atoms with Crippen molar-refractivity contribution in [2.45, 2.75) is 13.1 Å². The second-order valence-electron chi connectivity index (χ2n) is 2.88. The van der Waals surface area contributed by atoms with Crippen molar-refractivity contribution in [1.82, 2.24) is 4.98 Å². The predicted molar refractivity (Wildman–Crippen MR) is 52.1 cm³/mol. The first kappa shape index (κ1) is 12.2. The summed E-state index contributed by atoms with van der Waals surface area (Å²) < 4.78 is 36.7. The van der Waals surface area contributed by atoms with E-state index in [2.05, 4.69) is 20.9 Å². The number of halogens is 4. The molecule has 1 rings (SSSR count). The molecule has 0 aliphatic carbocycles. The van der Waals surface area contributed by atoms with Crippen molar-refractivity contribution >= 4 is 21.7 Å². The molecule has 0 aliphatic heterocycles. The third-order valence-electron chi connectivity index (χ3n) is 1.80. The number of nitrogens with zero attached hydrogens (tertiary/aromatic N) is 1. The Bertz CT molecular complexity index is 389. The Labute approximate surface area is 92.6 Å². The number of pyridine rings is 1. The summed E-state index contributed by atoms with van der Waals surface area (Å²) in [5.41, 5.74) is -0.680. The number of hydrogen-bond donors (Lipinski definition) is 0. The third kappa shape index (κ3) is 2.77. The van der Waals surface area contributed by atoms with Crippen LogP contribution in [0.25, 0.3) is 0 Å². The first-order valence-electron chi connectivity index (χ1n) is 4.00. The number of carbonyl (C=O) groups is 1. The fraction of sp³-hybridized carbons (Fsp3) is 0.333. The summed E-state index contributed by atoms with van der Waals surface area (Å²) in [7, 11) is 0. The molecule has 0 saturated heterocycles. The van der Waals surface area contributed by atoms with Gasteiger partial charge >= 0.3 is 6.18 Å². The highest BCUT2D eigenvalue weighted by atomic mass is 79.9. The minimum atomic E-state index is -4.47. The van der Waals surface area contributed by atoms with E-state index in [0.29, 0.717) is 0 Å². The molecule has 0 saturated carbocycles. The lowest BCUT2D eigenvalue weighted by Crippen LogP contribution is -2.12. The summed E-state index contributed by atoms with van der Waals surface area (Å²) in [6, 6.07) is 1.96. The Balaban J connectivity index is 3.15. The molecule has 0 bridgehead atoms. The van der Waals surface area contributed by atoms with E-state index in [-0.39, 0.29) is 22.4 Å². The summed E-state index contributed by atoms with van der Waals surface area (Å²) in [4.78, 5) is 14.6. The van der Waals surface area contributed by atoms with E-state index < -0.39 is 11.9 Å². The largest absolute Gasteiger partial charge is 0.433 e. The third-order valence-corrected chi connectivity index (χ3v) is 2.31. The first-order valence-corrected chi connectivity index (χ1v) is 5.12. The number of alkyl halides is 4. The zero-order valence-corrected chi connectivity index (χ0v) is 9.32. The number of carbonyl (C=O) groups excluding carboxylic acids is 1. The van der Waals surface area contributed by atoms with Gasteiger partial charge in [0.05, 0.1) is 5.33 Å². The summed E-state index contributed by atoms with van der Waals surface area (Å²) in [6.45, 7) is 1.38. The topological polar surface area (TPSA) is 30.0 Å². The SMILES string of the molecule is Cc1nc(C(F)(F)F)ccc1C(=O)CBr. The molecule has 2 nitrogen and oxygen atoms in total. The van der Waals surface area contributed by atoms with Crippen molar-refractivity contribution in [3.05, 3.63) is 29.1 Å². The minimum absolute atomic E-state index is 0.0703. The van der Waals surface area contributed by atoms with E-state index in [1.165, 1.54) is 6.92 Å². The highest BCUT2D eigenvalue weighted by Crippen LogP contribution is 2.28. The standard InChI is InChI=1S/C9H7BrF3NO/c1-5-6(7(15)4-10)2-3-8(14-5)9(11,12)13/h2-3H,4H2,1H3. The molecule has 0 aliphatic rings. The molecule has 6 heteroatoms. The molecule has 1 aromatic heterocycles. The zero-order valence-electron chi connectivity index (χ0n) is 7.73. The molecule has 0 unspecified atom stereocenters. The Morgan fingerprint density at radius 1 is 1.47 bits per heavy atom. The monoisotopic (exact) mass is 281 g/mol. The smallest absolute Gasteiger partial charge is 0.293 e. The van der Waals surface area contributed by atoms with Gasteiger partial charge in [-0.25, -0.2) is 4.98 Å². The minimum Gasteiger partial charge on any atom is -0.293 e. The fourth-order valence-electron chi connectivity index (χ4n) is 1.09. The van der Waals surface area contributed by atoms with Crippen LogP contribution in [-0.2, 0) is 6.18 Å². The molecular formula is C9H7BrF3NO. The lowest BCUT2D eigenvalue weighted by molar-refractivity contribution is -0.141. The molecule has 1 aromatic rings. The molecule has 0 amide bonds. The van der Waals surface area contributed by atoms with Crippen LogP contribution in [0, 0.1) is 6.92 Å². The van der Waals surface area contributed by atoms with Crippen LogP contribution >= 0.6 is 15.9 Å². The Hall–Kier alpha value is -0.910. The quantitative estimate of drug-likeness (QED) is 0.616. The molecule has 0 radical (unpaired) electrons. The average Bonchev–Trinajstić information content (AvgIpc) is 2.15. The zero-order chi connectivity index (χ0) is 11.6. The molecule has 0 atom stereocenters. The highest BCUT2D eigenvalue weighted by molar-refractivity contribution is 9.09. The van der Waals surface area contributed by atoms with Gasteiger partial charge in [0.2, 0.25) is 0 Å². The van der Waals surface area contributed by atoms with Crippen LogP contribution in [0.5, 0.6) is 0 Å². The Morgan fingerprint density at radius 3 is 2.47 bits per heavy atom. The van der Waals surface area contributed by atoms with Gasteiger partial charge in [0.1, 0.15) is 5.69 Å². The number of aromatic nitrogens is 1. The lowest BCUT2D eigenvalue weighted by Gasteiger charge is -2.08. The van der Waals surface area contributed by atoms with Crippen LogP contribution in [0.4, 0.5) is 13.2 Å². The van der Waals surface area contributed by atoms with Crippen molar-refractivity contribution in [2.75, 3.05) is 5.33 Å². The summed E-state index contributed by atoms with van der Waals surface area (Å²) >= 11 is 2.94. The number of aryl methyl sites for hydroxylation is 1. The van der Waals surface area contributed by atoms with Crippen LogP contribution in [0.15, 0.2) is 12.1 Å². The second kappa shape index (κ2) is 4.30. The Morgan fingerprint density at radius 2 is 2.07 bits per heavy atom. The van der Waals surface area contributed by atoms with Gasteiger partial charge < -0.3 is 0 Å². The molecule has 0 aromatic carbocycles. The fourth-order valence-corrected chi connectivity index (χ4v) is 1.39. The number of rotatable bonds is 2. The van der Waals surface area contributed by atoms with Gasteiger partial charge in [-0.05, 0) is 19.1 Å². The first-order chi connectivity index (χ1) is 6.86. The van der Waals surface area contributed by atoms with Gasteiger partial charge in [0, 0.05) is 11.3 Å². The maximum atomic E-state index is 12.2. The maximum Gasteiger partial charge on any atom is 0.433 e. The second-order valence-corrected chi connectivity index (χ2v) is 3.44. The van der Waals surface area contributed by atoms with E-state index in [1.807, 2.05) is 0 Å². The van der Waals surface area contributed by atoms with Crippen LogP contribution in [-0.4, -0.2) is 16.1 Å². The highest BCUT2D eigenvalue weighted by Gasteiger charge is 2.32. The molecule has 0 N–H and O–H groups in total. The van der Waals surface area contributed by atoms with Crippen molar-refractivity contribution in [3.63, 3.8) is 0 Å². The molecular weight excluding hydrogens is 275 g/mol. The number of Topliss-reactive ketones (excluding diaryl/α,β-unsaturated/α-hetero) is 1. The molecule has 15 heavy (non-hydrogen) atoms. The Kier molecular flexibility index (Phi) is 3.49. The van der Waals surface area contributed by atoms with Gasteiger partial charge in [-0.1, -0.05) is 15.9 Å². The van der Waals surface area contributed by atoms with Crippen molar-refractivity contribution in [2.24, 2.45) is 0 Å². The van der Waals surface area contributed by atoms with Gasteiger partial charge in [0.15, 0.2) is 5.78 Å². The van der Waals surface area contributed by atoms with E-state index in [1.54, 1.807) is 0 Å². The van der Waals surface area contributed by atoms with Gasteiger partial charge in [-0.2, -0.15) is 13.2 Å². The van der Waals surface area contributed by atoms with Crippen molar-refractivity contribution in [1.29, 1.82) is 0 Å². The van der Waals surface area contributed by atoms with E-state index in [4.69, 9.17) is 0 Å². The molecule has 0 fully saturated rings. The van der Waals surface area contributed by atoms with Gasteiger partial charge in [-0.15, -0.1) is 0 Å². The number of ketones is 1. The normalized spacial score (nSPS) is 11.5. The predicted octanol–water partition coefficient (Wildman–Crippen LogP) is 2.99. The van der Waals surface area contributed by atoms with Crippen molar-refractivity contribution in [3.8, 4) is 0 Å². The van der Waals surface area contributed by atoms with E-state index in [9.17, 15) is 18.0 Å². The maximum absolute atomic E-state index is 12.2. The lowest BCUT2D eigenvalue weighted by atomic mass is 10.1. The molecule has 1 heterocycles. The average molecular weight is 282 g/mol.